The van der Waals surface area contributed by atoms with Crippen LogP contribution in [0.1, 0.15) is 45.4 Å². The molecule has 0 radical (unpaired) electrons. The molecule has 1 saturated heterocycles. The molecule has 2 N–H and O–H groups in total. The van der Waals surface area contributed by atoms with Crippen molar-refractivity contribution in [2.75, 3.05) is 19.6 Å². The summed E-state index contributed by atoms with van der Waals surface area (Å²) in [4.78, 5) is 12.0. The molecule has 2 saturated carbocycles. The van der Waals surface area contributed by atoms with Crippen molar-refractivity contribution >= 4 is 5.91 Å². The fraction of sp³-hybridized carbons (Fsp3) is 0.933. The minimum Gasteiger partial charge on any atom is -0.355 e. The van der Waals surface area contributed by atoms with Crippen LogP contribution in [0.3, 0.4) is 0 Å². The molecule has 3 fully saturated rings. The molecule has 1 heterocycles. The van der Waals surface area contributed by atoms with Gasteiger partial charge < -0.3 is 10.6 Å². The Labute approximate surface area is 110 Å². The van der Waals surface area contributed by atoms with Gasteiger partial charge in [0, 0.05) is 19.5 Å². The normalized spacial score (nSPS) is 42.4. The fourth-order valence-corrected chi connectivity index (χ4v) is 4.27. The Bertz CT molecular complexity index is 322. The summed E-state index contributed by atoms with van der Waals surface area (Å²) in [5.74, 6) is 2.80. The zero-order valence-electron chi connectivity index (χ0n) is 11.5. The molecule has 1 aliphatic heterocycles. The van der Waals surface area contributed by atoms with E-state index in [2.05, 4.69) is 17.6 Å². The lowest BCUT2D eigenvalue weighted by Crippen LogP contribution is -2.38. The number of carbonyl (C=O) groups excluding carboxylic acids is 1. The van der Waals surface area contributed by atoms with Crippen LogP contribution in [0.2, 0.25) is 0 Å². The van der Waals surface area contributed by atoms with E-state index in [0.29, 0.717) is 11.8 Å². The van der Waals surface area contributed by atoms with Crippen LogP contribution >= 0.6 is 0 Å². The highest BCUT2D eigenvalue weighted by molar-refractivity contribution is 5.76. The second-order valence-corrected chi connectivity index (χ2v) is 7.15. The molecule has 2 bridgehead atoms. The van der Waals surface area contributed by atoms with E-state index >= 15 is 0 Å². The molecule has 4 unspecified atom stereocenters. The first-order chi connectivity index (χ1) is 8.65. The maximum Gasteiger partial charge on any atom is 0.220 e. The Morgan fingerprint density at radius 1 is 1.39 bits per heavy atom. The molecule has 3 heteroatoms. The molecular weight excluding hydrogens is 224 g/mol. The standard InChI is InChI=1S/C15H26N2O/c1-15(4-5-16-9-15)10-17-14(18)8-13-7-11-2-3-12(13)6-11/h11-13,16H,2-10H2,1H3,(H,17,18). The molecule has 3 nitrogen and oxygen atoms in total. The SMILES string of the molecule is CC1(CNC(=O)CC2CC3CCC2C3)CCNC1. The number of amides is 1. The van der Waals surface area contributed by atoms with Crippen LogP contribution in [-0.4, -0.2) is 25.5 Å². The van der Waals surface area contributed by atoms with Gasteiger partial charge in [0.05, 0.1) is 0 Å². The van der Waals surface area contributed by atoms with Crippen LogP contribution in [0.4, 0.5) is 0 Å². The monoisotopic (exact) mass is 250 g/mol. The Morgan fingerprint density at radius 3 is 2.89 bits per heavy atom. The van der Waals surface area contributed by atoms with Crippen LogP contribution in [0.25, 0.3) is 0 Å². The highest BCUT2D eigenvalue weighted by Gasteiger charge is 2.40. The summed E-state index contributed by atoms with van der Waals surface area (Å²) in [5.41, 5.74) is 0.282. The number of hydrogen-bond donors (Lipinski definition) is 2. The molecule has 1 amide bonds. The van der Waals surface area contributed by atoms with Crippen LogP contribution < -0.4 is 10.6 Å². The lowest BCUT2D eigenvalue weighted by molar-refractivity contribution is -0.122. The van der Waals surface area contributed by atoms with Gasteiger partial charge in [-0.1, -0.05) is 13.3 Å². The topological polar surface area (TPSA) is 41.1 Å². The molecule has 0 spiro atoms. The maximum atomic E-state index is 12.0. The van der Waals surface area contributed by atoms with E-state index in [1.165, 1.54) is 32.1 Å². The Morgan fingerprint density at radius 2 is 2.28 bits per heavy atom. The lowest BCUT2D eigenvalue weighted by atomic mass is 9.86. The third-order valence-electron chi connectivity index (χ3n) is 5.50. The van der Waals surface area contributed by atoms with Gasteiger partial charge in [0.2, 0.25) is 5.91 Å². The van der Waals surface area contributed by atoms with Gasteiger partial charge in [-0.15, -0.1) is 0 Å². The molecule has 4 atom stereocenters. The van der Waals surface area contributed by atoms with Crippen molar-refractivity contribution < 1.29 is 4.79 Å². The Hall–Kier alpha value is -0.570. The quantitative estimate of drug-likeness (QED) is 0.800. The van der Waals surface area contributed by atoms with Crippen LogP contribution in [0.15, 0.2) is 0 Å². The maximum absolute atomic E-state index is 12.0. The second-order valence-electron chi connectivity index (χ2n) is 7.15. The predicted octanol–water partition coefficient (Wildman–Crippen LogP) is 1.93. The molecule has 3 aliphatic rings. The lowest BCUT2D eigenvalue weighted by Gasteiger charge is -2.25. The number of carbonyl (C=O) groups is 1. The minimum absolute atomic E-state index is 0.282. The summed E-state index contributed by atoms with van der Waals surface area (Å²) < 4.78 is 0. The van der Waals surface area contributed by atoms with E-state index < -0.39 is 0 Å². The third-order valence-corrected chi connectivity index (χ3v) is 5.50. The number of nitrogens with one attached hydrogen (secondary N) is 2. The molecule has 18 heavy (non-hydrogen) atoms. The first kappa shape index (κ1) is 12.5. The predicted molar refractivity (Wildman–Crippen MR) is 72.2 cm³/mol. The molecule has 102 valence electrons. The first-order valence-corrected chi connectivity index (χ1v) is 7.62. The average Bonchev–Trinajstić information content (AvgIpc) is 3.03. The van der Waals surface area contributed by atoms with Gasteiger partial charge in [0.15, 0.2) is 0 Å². The van der Waals surface area contributed by atoms with Gasteiger partial charge in [0.25, 0.3) is 0 Å². The molecule has 2 aliphatic carbocycles. The Balaban J connectivity index is 1.42. The molecular formula is C15H26N2O. The van der Waals surface area contributed by atoms with Crippen molar-refractivity contribution in [3.05, 3.63) is 0 Å². The van der Waals surface area contributed by atoms with E-state index in [0.717, 1.165) is 37.9 Å². The molecule has 0 aromatic rings. The van der Waals surface area contributed by atoms with Gasteiger partial charge in [-0.05, 0) is 55.4 Å². The Kier molecular flexibility index (Phi) is 3.35. The van der Waals surface area contributed by atoms with E-state index in [-0.39, 0.29) is 5.41 Å². The number of fused-ring (bicyclic) bond motifs is 2. The van der Waals surface area contributed by atoms with Crippen molar-refractivity contribution in [1.82, 2.24) is 10.6 Å². The summed E-state index contributed by atoms with van der Waals surface area (Å²) in [5, 5.41) is 6.55. The van der Waals surface area contributed by atoms with Gasteiger partial charge >= 0.3 is 0 Å². The van der Waals surface area contributed by atoms with E-state index in [1.54, 1.807) is 0 Å². The average molecular weight is 250 g/mol. The van der Waals surface area contributed by atoms with E-state index in [9.17, 15) is 4.79 Å². The number of rotatable bonds is 4. The van der Waals surface area contributed by atoms with Crippen LogP contribution in [0.5, 0.6) is 0 Å². The zero-order valence-corrected chi connectivity index (χ0v) is 11.5. The summed E-state index contributed by atoms with van der Waals surface area (Å²) in [6.07, 6.45) is 7.49. The smallest absolute Gasteiger partial charge is 0.220 e. The summed E-state index contributed by atoms with van der Waals surface area (Å²) in [6.45, 7) is 5.25. The largest absolute Gasteiger partial charge is 0.355 e. The van der Waals surface area contributed by atoms with Crippen molar-refractivity contribution in [3.8, 4) is 0 Å². The summed E-state index contributed by atoms with van der Waals surface area (Å²) in [7, 11) is 0. The van der Waals surface area contributed by atoms with E-state index in [4.69, 9.17) is 0 Å². The third kappa shape index (κ3) is 2.56. The van der Waals surface area contributed by atoms with E-state index in [1.807, 2.05) is 0 Å². The zero-order chi connectivity index (χ0) is 12.6. The van der Waals surface area contributed by atoms with Crippen molar-refractivity contribution in [1.29, 1.82) is 0 Å². The van der Waals surface area contributed by atoms with Crippen LogP contribution in [-0.2, 0) is 4.79 Å². The van der Waals surface area contributed by atoms with Crippen molar-refractivity contribution in [2.24, 2.45) is 23.2 Å². The van der Waals surface area contributed by atoms with Crippen LogP contribution in [0, 0.1) is 23.2 Å². The highest BCUT2D eigenvalue weighted by Crippen LogP contribution is 2.49. The highest BCUT2D eigenvalue weighted by atomic mass is 16.1. The summed E-state index contributed by atoms with van der Waals surface area (Å²) >= 11 is 0. The summed E-state index contributed by atoms with van der Waals surface area (Å²) in [6, 6.07) is 0. The van der Waals surface area contributed by atoms with Gasteiger partial charge in [-0.2, -0.15) is 0 Å². The van der Waals surface area contributed by atoms with Gasteiger partial charge in [-0.25, -0.2) is 0 Å². The van der Waals surface area contributed by atoms with Crippen molar-refractivity contribution in [3.63, 3.8) is 0 Å². The van der Waals surface area contributed by atoms with Gasteiger partial charge in [0.1, 0.15) is 0 Å². The minimum atomic E-state index is 0.282. The fourth-order valence-electron chi connectivity index (χ4n) is 4.27. The molecule has 0 aromatic carbocycles. The van der Waals surface area contributed by atoms with Crippen molar-refractivity contribution in [2.45, 2.75) is 45.4 Å². The molecule has 3 rings (SSSR count). The molecule has 0 aromatic heterocycles. The second kappa shape index (κ2) is 4.84. The number of hydrogen-bond acceptors (Lipinski definition) is 2. The van der Waals surface area contributed by atoms with Gasteiger partial charge in [-0.3, -0.25) is 4.79 Å². The first-order valence-electron chi connectivity index (χ1n) is 7.62.